The molecule has 8 heteroatoms. The van der Waals surface area contributed by atoms with Gasteiger partial charge in [-0.25, -0.2) is 0 Å². The minimum absolute atomic E-state index is 0.111. The lowest BCUT2D eigenvalue weighted by molar-refractivity contribution is -0.0498. The Labute approximate surface area is 190 Å². The summed E-state index contributed by atoms with van der Waals surface area (Å²) in [5.74, 6) is 0.738. The number of hydrogen-bond acceptors (Lipinski definition) is 5. The van der Waals surface area contributed by atoms with Gasteiger partial charge >= 0.3 is 6.61 Å². The third-order valence-electron chi connectivity index (χ3n) is 5.76. The van der Waals surface area contributed by atoms with Crippen molar-refractivity contribution >= 4 is 22.2 Å². The van der Waals surface area contributed by atoms with Crippen molar-refractivity contribution in [3.8, 4) is 5.75 Å². The predicted molar refractivity (Wildman–Crippen MR) is 121 cm³/mol. The fraction of sp³-hybridized carbons (Fsp3) is 0.375. The van der Waals surface area contributed by atoms with Crippen LogP contribution in [0.3, 0.4) is 0 Å². The van der Waals surface area contributed by atoms with Crippen LogP contribution in [0.2, 0.25) is 0 Å². The van der Waals surface area contributed by atoms with Gasteiger partial charge in [0.1, 0.15) is 10.8 Å². The van der Waals surface area contributed by atoms with E-state index in [0.29, 0.717) is 5.92 Å². The van der Waals surface area contributed by atoms with Gasteiger partial charge in [-0.05, 0) is 74.7 Å². The van der Waals surface area contributed by atoms with Crippen LogP contribution in [0, 0.1) is 12.8 Å². The number of thiophene rings is 1. The number of likely N-dealkylation sites (tertiary alicyclic amines) is 1. The van der Waals surface area contributed by atoms with Gasteiger partial charge in [-0.1, -0.05) is 19.1 Å². The van der Waals surface area contributed by atoms with Crippen LogP contribution in [-0.4, -0.2) is 30.5 Å². The van der Waals surface area contributed by atoms with Crippen LogP contribution in [0.25, 0.3) is 0 Å². The lowest BCUT2D eigenvalue weighted by Crippen LogP contribution is -2.37. The fourth-order valence-electron chi connectivity index (χ4n) is 4.11. The molecule has 1 amide bonds. The summed E-state index contributed by atoms with van der Waals surface area (Å²) in [6, 6.07) is 12.1. The number of aryl methyl sites for hydroxylation is 1. The van der Waals surface area contributed by atoms with E-state index in [4.69, 9.17) is 4.42 Å². The number of hydrogen-bond donors (Lipinski definition) is 1. The molecule has 5 nitrogen and oxygen atoms in total. The third kappa shape index (κ3) is 5.19. The Kier molecular flexibility index (Phi) is 6.91. The molecule has 0 aliphatic carbocycles. The molecule has 32 heavy (non-hydrogen) atoms. The topological polar surface area (TPSA) is 54.7 Å². The first-order valence-corrected chi connectivity index (χ1v) is 11.5. The van der Waals surface area contributed by atoms with E-state index in [1.54, 1.807) is 24.3 Å². The summed E-state index contributed by atoms with van der Waals surface area (Å²) in [7, 11) is 0. The second-order valence-electron chi connectivity index (χ2n) is 8.14. The van der Waals surface area contributed by atoms with Crippen LogP contribution < -0.4 is 10.1 Å². The highest BCUT2D eigenvalue weighted by Gasteiger charge is 2.30. The van der Waals surface area contributed by atoms with E-state index < -0.39 is 6.61 Å². The number of carbonyl (C=O) groups excluding carboxylic acids is 1. The van der Waals surface area contributed by atoms with Gasteiger partial charge < -0.3 is 14.5 Å². The van der Waals surface area contributed by atoms with Crippen LogP contribution in [0.5, 0.6) is 5.75 Å². The van der Waals surface area contributed by atoms with Crippen LogP contribution >= 0.6 is 11.3 Å². The van der Waals surface area contributed by atoms with Crippen LogP contribution in [0.15, 0.2) is 53.1 Å². The van der Waals surface area contributed by atoms with Crippen LogP contribution in [0.1, 0.15) is 52.4 Å². The zero-order valence-corrected chi connectivity index (χ0v) is 18.8. The van der Waals surface area contributed by atoms with E-state index in [1.807, 2.05) is 19.1 Å². The molecule has 1 atom stereocenters. The number of halogens is 2. The summed E-state index contributed by atoms with van der Waals surface area (Å²) >= 11 is 1.51. The second-order valence-corrected chi connectivity index (χ2v) is 9.40. The molecule has 1 aliphatic heterocycles. The molecule has 2 aromatic heterocycles. The van der Waals surface area contributed by atoms with Crippen LogP contribution in [0.4, 0.5) is 13.8 Å². The zero-order valence-electron chi connectivity index (χ0n) is 18.0. The lowest BCUT2D eigenvalue weighted by Gasteiger charge is -2.37. The van der Waals surface area contributed by atoms with Gasteiger partial charge in [0.05, 0.1) is 12.3 Å². The highest BCUT2D eigenvalue weighted by molar-refractivity contribution is 7.16. The van der Waals surface area contributed by atoms with Crippen molar-refractivity contribution < 1.29 is 22.7 Å². The van der Waals surface area contributed by atoms with E-state index in [9.17, 15) is 13.6 Å². The number of carbonyl (C=O) groups is 1. The monoisotopic (exact) mass is 460 g/mol. The van der Waals surface area contributed by atoms with E-state index in [2.05, 4.69) is 27.9 Å². The predicted octanol–water partition coefficient (Wildman–Crippen LogP) is 6.32. The lowest BCUT2D eigenvalue weighted by atomic mass is 9.92. The summed E-state index contributed by atoms with van der Waals surface area (Å²) in [4.78, 5) is 16.1. The molecule has 1 N–H and O–H groups in total. The molecule has 1 unspecified atom stereocenters. The number of furan rings is 1. The first kappa shape index (κ1) is 22.5. The summed E-state index contributed by atoms with van der Waals surface area (Å²) in [5.41, 5.74) is 1.96. The number of amides is 1. The minimum atomic E-state index is -2.86. The van der Waals surface area contributed by atoms with Gasteiger partial charge in [-0.15, -0.1) is 11.3 Å². The molecule has 1 fully saturated rings. The average molecular weight is 461 g/mol. The maximum Gasteiger partial charge on any atom is 0.387 e. The molecule has 1 aliphatic rings. The molecule has 1 saturated heterocycles. The Hall–Kier alpha value is -2.71. The molecule has 0 bridgehead atoms. The number of rotatable bonds is 7. The van der Waals surface area contributed by atoms with E-state index in [0.717, 1.165) is 46.9 Å². The van der Waals surface area contributed by atoms with Gasteiger partial charge in [-0.2, -0.15) is 8.78 Å². The van der Waals surface area contributed by atoms with Gasteiger partial charge in [-0.3, -0.25) is 9.69 Å². The second kappa shape index (κ2) is 9.83. The number of alkyl halides is 2. The summed E-state index contributed by atoms with van der Waals surface area (Å²) in [6.07, 6.45) is 3.64. The van der Waals surface area contributed by atoms with Crippen molar-refractivity contribution in [1.82, 2.24) is 4.90 Å². The zero-order chi connectivity index (χ0) is 22.7. The van der Waals surface area contributed by atoms with Gasteiger partial charge in [0.15, 0.2) is 5.76 Å². The van der Waals surface area contributed by atoms with Gasteiger partial charge in [0.2, 0.25) is 0 Å². The Morgan fingerprint density at radius 1 is 1.22 bits per heavy atom. The number of anilines is 1. The number of benzene rings is 1. The van der Waals surface area contributed by atoms with Crippen molar-refractivity contribution in [2.75, 3.05) is 18.4 Å². The normalized spacial score (nSPS) is 16.3. The highest BCUT2D eigenvalue weighted by Crippen LogP contribution is 2.41. The van der Waals surface area contributed by atoms with E-state index in [1.165, 1.54) is 17.6 Å². The van der Waals surface area contributed by atoms with Crippen molar-refractivity contribution in [3.05, 3.63) is 70.5 Å². The average Bonchev–Trinajstić information content (AvgIpc) is 3.41. The maximum absolute atomic E-state index is 12.7. The quantitative estimate of drug-likeness (QED) is 0.448. The van der Waals surface area contributed by atoms with Crippen molar-refractivity contribution in [2.24, 2.45) is 5.92 Å². The van der Waals surface area contributed by atoms with Crippen LogP contribution in [-0.2, 0) is 0 Å². The summed E-state index contributed by atoms with van der Waals surface area (Å²) in [6.45, 7) is 3.24. The molecule has 0 spiro atoms. The molecular formula is C24H26F2N2O3S. The number of ether oxygens (including phenoxy) is 1. The van der Waals surface area contributed by atoms with Crippen molar-refractivity contribution in [2.45, 2.75) is 39.3 Å². The summed E-state index contributed by atoms with van der Waals surface area (Å²) < 4.78 is 34.9. The Balaban J connectivity index is 1.68. The molecule has 0 saturated carbocycles. The molecule has 4 rings (SSSR count). The van der Waals surface area contributed by atoms with Crippen molar-refractivity contribution in [1.29, 1.82) is 0 Å². The molecule has 170 valence electrons. The molecule has 1 aromatic carbocycles. The highest BCUT2D eigenvalue weighted by atomic mass is 32.1. The Morgan fingerprint density at radius 3 is 2.56 bits per heavy atom. The summed E-state index contributed by atoms with van der Waals surface area (Å²) in [5, 5.41) is 3.77. The standard InChI is InChI=1S/C24H26F2N2O3S/c1-15-9-11-28(12-10-15)21(17-5-7-18(8-6-17)31-24(25)26)19-14-16(2)32-23(19)27-22(29)20-4-3-13-30-20/h3-8,13-15,21,24H,9-12H2,1-2H3,(H,27,29). The first-order chi connectivity index (χ1) is 15.4. The smallest absolute Gasteiger partial charge is 0.387 e. The molecular weight excluding hydrogens is 434 g/mol. The van der Waals surface area contributed by atoms with Gasteiger partial charge in [0.25, 0.3) is 5.91 Å². The largest absolute Gasteiger partial charge is 0.459 e. The number of piperidine rings is 1. The van der Waals surface area contributed by atoms with E-state index >= 15 is 0 Å². The van der Waals surface area contributed by atoms with E-state index in [-0.39, 0.29) is 23.5 Å². The fourth-order valence-corrected chi connectivity index (χ4v) is 5.05. The Bertz CT molecular complexity index is 1030. The van der Waals surface area contributed by atoms with Crippen molar-refractivity contribution in [3.63, 3.8) is 0 Å². The third-order valence-corrected chi connectivity index (χ3v) is 6.74. The minimum Gasteiger partial charge on any atom is -0.459 e. The number of nitrogens with one attached hydrogen (secondary N) is 1. The Morgan fingerprint density at radius 2 is 1.94 bits per heavy atom. The molecule has 3 aromatic rings. The number of nitrogens with zero attached hydrogens (tertiary/aromatic N) is 1. The maximum atomic E-state index is 12.7. The van der Waals surface area contributed by atoms with Gasteiger partial charge in [0, 0.05) is 10.4 Å². The SMILES string of the molecule is Cc1cc(C(c2ccc(OC(F)F)cc2)N2CCC(C)CC2)c(NC(=O)c2ccco2)s1. The first-order valence-electron chi connectivity index (χ1n) is 10.6. The molecule has 0 radical (unpaired) electrons. The molecule has 3 heterocycles.